The number of allylic oxidation sites excluding steroid dienone is 2. The second-order valence-electron chi connectivity index (χ2n) is 5.60. The lowest BCUT2D eigenvalue weighted by Gasteiger charge is -2.16. The van der Waals surface area contributed by atoms with E-state index in [4.69, 9.17) is 12.2 Å². The van der Waals surface area contributed by atoms with Crippen molar-refractivity contribution in [2.75, 3.05) is 4.90 Å². The molecule has 1 amide bonds. The van der Waals surface area contributed by atoms with Gasteiger partial charge in [0.05, 0.1) is 10.6 Å². The predicted octanol–water partition coefficient (Wildman–Crippen LogP) is 5.35. The van der Waals surface area contributed by atoms with Crippen LogP contribution in [0, 0.1) is 6.92 Å². The number of rotatable bonds is 3. The van der Waals surface area contributed by atoms with Gasteiger partial charge < -0.3 is 0 Å². The van der Waals surface area contributed by atoms with Gasteiger partial charge in [-0.25, -0.2) is 0 Å². The number of thioether (sulfide) groups is 1. The molecule has 1 fully saturated rings. The lowest BCUT2D eigenvalue weighted by molar-refractivity contribution is -0.113. The van der Waals surface area contributed by atoms with E-state index in [0.717, 1.165) is 22.4 Å². The number of benzene rings is 2. The van der Waals surface area contributed by atoms with Crippen molar-refractivity contribution in [2.45, 2.75) is 13.8 Å². The van der Waals surface area contributed by atoms with Gasteiger partial charge in [0.2, 0.25) is 0 Å². The van der Waals surface area contributed by atoms with Gasteiger partial charge in [0.1, 0.15) is 0 Å². The zero-order chi connectivity index (χ0) is 17.1. The number of aryl methyl sites for hydroxylation is 1. The van der Waals surface area contributed by atoms with Crippen LogP contribution in [0.5, 0.6) is 0 Å². The first kappa shape index (κ1) is 16.7. The summed E-state index contributed by atoms with van der Waals surface area (Å²) in [6.45, 7) is 3.98. The minimum Gasteiger partial charge on any atom is -0.268 e. The molecule has 0 aromatic heterocycles. The number of thiocarbonyl (C=S) groups is 1. The standard InChI is InChI=1S/C20H17NOS2/c1-14(12-16-9-4-3-5-10-16)13-18-19(22)21(20(23)24-18)17-11-7-6-8-15(17)2/h3-13H,1-2H3/b14-12+,18-13+. The van der Waals surface area contributed by atoms with Gasteiger partial charge in [0.15, 0.2) is 4.32 Å². The van der Waals surface area contributed by atoms with E-state index in [9.17, 15) is 4.79 Å². The normalized spacial score (nSPS) is 17.0. The molecule has 0 atom stereocenters. The van der Waals surface area contributed by atoms with Crippen LogP contribution in [0.2, 0.25) is 0 Å². The minimum absolute atomic E-state index is 0.0555. The zero-order valence-corrected chi connectivity index (χ0v) is 15.2. The molecule has 0 radical (unpaired) electrons. The summed E-state index contributed by atoms with van der Waals surface area (Å²) in [5, 5.41) is 0. The smallest absolute Gasteiger partial charge is 0.268 e. The first-order valence-electron chi connectivity index (χ1n) is 7.63. The molecule has 1 saturated heterocycles. The Kier molecular flexibility index (Phi) is 4.97. The number of nitrogens with zero attached hydrogens (tertiary/aromatic N) is 1. The summed E-state index contributed by atoms with van der Waals surface area (Å²) in [7, 11) is 0. The predicted molar refractivity (Wildman–Crippen MR) is 107 cm³/mol. The third-order valence-corrected chi connectivity index (χ3v) is 5.00. The van der Waals surface area contributed by atoms with Gasteiger partial charge in [-0.15, -0.1) is 0 Å². The zero-order valence-electron chi connectivity index (χ0n) is 13.5. The van der Waals surface area contributed by atoms with Crippen molar-refractivity contribution in [3.05, 3.63) is 82.3 Å². The number of hydrogen-bond acceptors (Lipinski definition) is 3. The molecule has 3 rings (SSSR count). The molecule has 2 nitrogen and oxygen atoms in total. The lowest BCUT2D eigenvalue weighted by atomic mass is 10.1. The molecule has 0 saturated carbocycles. The highest BCUT2D eigenvalue weighted by Gasteiger charge is 2.33. The molecule has 120 valence electrons. The van der Waals surface area contributed by atoms with Crippen molar-refractivity contribution < 1.29 is 4.79 Å². The summed E-state index contributed by atoms with van der Waals surface area (Å²) in [4.78, 5) is 15.1. The highest BCUT2D eigenvalue weighted by Crippen LogP contribution is 2.36. The van der Waals surface area contributed by atoms with Crippen LogP contribution >= 0.6 is 24.0 Å². The van der Waals surface area contributed by atoms with Gasteiger partial charge in [0.25, 0.3) is 5.91 Å². The molecular formula is C20H17NOS2. The Morgan fingerprint density at radius 2 is 1.75 bits per heavy atom. The fourth-order valence-corrected chi connectivity index (χ4v) is 3.89. The maximum Gasteiger partial charge on any atom is 0.270 e. The number of hydrogen-bond donors (Lipinski definition) is 0. The Morgan fingerprint density at radius 1 is 1.08 bits per heavy atom. The number of carbonyl (C=O) groups is 1. The number of para-hydroxylation sites is 1. The Balaban J connectivity index is 1.89. The molecule has 0 bridgehead atoms. The van der Waals surface area contributed by atoms with Crippen LogP contribution in [0.25, 0.3) is 6.08 Å². The van der Waals surface area contributed by atoms with Crippen molar-refractivity contribution in [2.24, 2.45) is 0 Å². The van der Waals surface area contributed by atoms with Crippen LogP contribution in [0.4, 0.5) is 5.69 Å². The largest absolute Gasteiger partial charge is 0.270 e. The first-order chi connectivity index (χ1) is 11.6. The molecule has 0 unspecified atom stereocenters. The van der Waals surface area contributed by atoms with Crippen LogP contribution in [-0.4, -0.2) is 10.2 Å². The first-order valence-corrected chi connectivity index (χ1v) is 8.85. The summed E-state index contributed by atoms with van der Waals surface area (Å²) < 4.78 is 0.577. The Labute approximate surface area is 151 Å². The van der Waals surface area contributed by atoms with Gasteiger partial charge in [-0.05, 0) is 42.7 Å². The average molecular weight is 351 g/mol. The monoisotopic (exact) mass is 351 g/mol. The highest BCUT2D eigenvalue weighted by atomic mass is 32.2. The Hall–Kier alpha value is -2.17. The third kappa shape index (κ3) is 3.50. The van der Waals surface area contributed by atoms with Crippen molar-refractivity contribution >= 4 is 46.0 Å². The van der Waals surface area contributed by atoms with E-state index >= 15 is 0 Å². The Morgan fingerprint density at radius 3 is 2.46 bits per heavy atom. The SMILES string of the molecule is CC(=C\c1ccccc1)/C=C1/SC(=S)N(c2ccccc2C)C1=O. The molecule has 2 aromatic carbocycles. The van der Waals surface area contributed by atoms with E-state index in [1.54, 1.807) is 4.90 Å². The highest BCUT2D eigenvalue weighted by molar-refractivity contribution is 8.27. The molecule has 4 heteroatoms. The number of anilines is 1. The topological polar surface area (TPSA) is 20.3 Å². The Bertz CT molecular complexity index is 853. The van der Waals surface area contributed by atoms with E-state index < -0.39 is 0 Å². The van der Waals surface area contributed by atoms with E-state index in [1.807, 2.05) is 74.5 Å². The fourth-order valence-electron chi connectivity index (χ4n) is 2.55. The molecule has 1 aliphatic heterocycles. The van der Waals surface area contributed by atoms with Crippen molar-refractivity contribution in [3.8, 4) is 0 Å². The average Bonchev–Trinajstić information content (AvgIpc) is 2.83. The van der Waals surface area contributed by atoms with Crippen LogP contribution < -0.4 is 4.90 Å². The molecule has 0 aliphatic carbocycles. The summed E-state index contributed by atoms with van der Waals surface area (Å²) in [5.74, 6) is -0.0555. The molecular weight excluding hydrogens is 334 g/mol. The minimum atomic E-state index is -0.0555. The van der Waals surface area contributed by atoms with E-state index in [-0.39, 0.29) is 5.91 Å². The second kappa shape index (κ2) is 7.16. The molecule has 1 aliphatic rings. The molecule has 24 heavy (non-hydrogen) atoms. The lowest BCUT2D eigenvalue weighted by Crippen LogP contribution is -2.28. The van der Waals surface area contributed by atoms with Crippen molar-refractivity contribution in [1.29, 1.82) is 0 Å². The van der Waals surface area contributed by atoms with Gasteiger partial charge in [-0.3, -0.25) is 9.69 Å². The van der Waals surface area contributed by atoms with Crippen molar-refractivity contribution in [1.82, 2.24) is 0 Å². The van der Waals surface area contributed by atoms with Crippen LogP contribution in [0.3, 0.4) is 0 Å². The molecule has 0 N–H and O–H groups in total. The number of amides is 1. The van der Waals surface area contributed by atoms with E-state index in [0.29, 0.717) is 9.23 Å². The molecule has 0 spiro atoms. The van der Waals surface area contributed by atoms with Crippen molar-refractivity contribution in [3.63, 3.8) is 0 Å². The summed E-state index contributed by atoms with van der Waals surface area (Å²) >= 11 is 6.78. The van der Waals surface area contributed by atoms with Gasteiger partial charge in [0, 0.05) is 0 Å². The summed E-state index contributed by atoms with van der Waals surface area (Å²) in [5.41, 5.74) is 4.02. The molecule has 1 heterocycles. The molecule has 2 aromatic rings. The third-order valence-electron chi connectivity index (χ3n) is 3.70. The van der Waals surface area contributed by atoms with Crippen LogP contribution in [0.1, 0.15) is 18.1 Å². The maximum atomic E-state index is 12.8. The second-order valence-corrected chi connectivity index (χ2v) is 7.28. The van der Waals surface area contributed by atoms with Gasteiger partial charge in [-0.2, -0.15) is 0 Å². The van der Waals surface area contributed by atoms with E-state index in [1.165, 1.54) is 11.8 Å². The summed E-state index contributed by atoms with van der Waals surface area (Å²) in [6.07, 6.45) is 3.96. The quantitative estimate of drug-likeness (QED) is 0.549. The fraction of sp³-hybridized carbons (Fsp3) is 0.100. The number of carbonyl (C=O) groups excluding carboxylic acids is 1. The van der Waals surface area contributed by atoms with Gasteiger partial charge >= 0.3 is 0 Å². The van der Waals surface area contributed by atoms with Crippen LogP contribution in [0.15, 0.2) is 71.2 Å². The van der Waals surface area contributed by atoms with Crippen LogP contribution in [-0.2, 0) is 4.79 Å². The van der Waals surface area contributed by atoms with Gasteiger partial charge in [-0.1, -0.05) is 78.6 Å². The summed E-state index contributed by atoms with van der Waals surface area (Å²) in [6, 6.07) is 17.8. The van der Waals surface area contributed by atoms with E-state index in [2.05, 4.69) is 6.08 Å². The maximum absolute atomic E-state index is 12.8.